The molecule has 20 heavy (non-hydrogen) atoms. The number of nitrogens with one attached hydrogen (secondary N) is 1. The van der Waals surface area contributed by atoms with Crippen LogP contribution < -0.4 is 5.32 Å². The maximum atomic E-state index is 12.3. The SMILES string of the molecule is CNCC1CCCN1C(=O)CCSc1ccccc1Cl. The first kappa shape index (κ1) is 15.7. The zero-order valence-electron chi connectivity index (χ0n) is 11.8. The zero-order chi connectivity index (χ0) is 14.4. The molecule has 1 aliphatic rings. The summed E-state index contributed by atoms with van der Waals surface area (Å²) < 4.78 is 0. The Bertz CT molecular complexity index is 455. The minimum absolute atomic E-state index is 0.266. The summed E-state index contributed by atoms with van der Waals surface area (Å²) in [5, 5.41) is 3.93. The summed E-state index contributed by atoms with van der Waals surface area (Å²) in [5.74, 6) is 1.05. The summed E-state index contributed by atoms with van der Waals surface area (Å²) in [6.07, 6.45) is 2.82. The quantitative estimate of drug-likeness (QED) is 0.820. The smallest absolute Gasteiger partial charge is 0.223 e. The van der Waals surface area contributed by atoms with Gasteiger partial charge in [0.05, 0.1) is 5.02 Å². The minimum atomic E-state index is 0.266. The minimum Gasteiger partial charge on any atom is -0.338 e. The number of halogens is 1. The predicted octanol–water partition coefficient (Wildman–Crippen LogP) is 3.03. The molecular weight excluding hydrogens is 292 g/mol. The van der Waals surface area contributed by atoms with Crippen molar-refractivity contribution in [1.29, 1.82) is 0 Å². The molecule has 0 aliphatic carbocycles. The lowest BCUT2D eigenvalue weighted by atomic mass is 10.2. The molecule has 1 aromatic carbocycles. The Hall–Kier alpha value is -0.710. The van der Waals surface area contributed by atoms with Gasteiger partial charge in [-0.15, -0.1) is 11.8 Å². The number of carbonyl (C=O) groups is 1. The van der Waals surface area contributed by atoms with Crippen LogP contribution in [0.5, 0.6) is 0 Å². The van der Waals surface area contributed by atoms with Crippen molar-refractivity contribution in [3.63, 3.8) is 0 Å². The summed E-state index contributed by atoms with van der Waals surface area (Å²) in [6, 6.07) is 8.15. The van der Waals surface area contributed by atoms with Crippen LogP contribution in [0.15, 0.2) is 29.2 Å². The largest absolute Gasteiger partial charge is 0.338 e. The van der Waals surface area contributed by atoms with E-state index in [0.29, 0.717) is 12.5 Å². The number of carbonyl (C=O) groups excluding carboxylic acids is 1. The van der Waals surface area contributed by atoms with E-state index in [1.54, 1.807) is 11.8 Å². The summed E-state index contributed by atoms with van der Waals surface area (Å²) in [7, 11) is 1.94. The highest BCUT2D eigenvalue weighted by Gasteiger charge is 2.27. The van der Waals surface area contributed by atoms with Gasteiger partial charge in [0.25, 0.3) is 0 Å². The van der Waals surface area contributed by atoms with Crippen molar-refractivity contribution in [2.24, 2.45) is 0 Å². The van der Waals surface area contributed by atoms with Crippen LogP contribution in [0.3, 0.4) is 0 Å². The lowest BCUT2D eigenvalue weighted by Crippen LogP contribution is -2.40. The summed E-state index contributed by atoms with van der Waals surface area (Å²) >= 11 is 7.76. The van der Waals surface area contributed by atoms with Gasteiger partial charge < -0.3 is 10.2 Å². The van der Waals surface area contributed by atoms with Crippen molar-refractivity contribution >= 4 is 29.3 Å². The van der Waals surface area contributed by atoms with Crippen molar-refractivity contribution in [3.05, 3.63) is 29.3 Å². The Balaban J connectivity index is 1.79. The second-order valence-electron chi connectivity index (χ2n) is 4.97. The fourth-order valence-electron chi connectivity index (χ4n) is 2.57. The molecule has 1 N–H and O–H groups in total. The predicted molar refractivity (Wildman–Crippen MR) is 85.5 cm³/mol. The molecule has 0 spiro atoms. The molecule has 1 aliphatic heterocycles. The van der Waals surface area contributed by atoms with Crippen molar-refractivity contribution in [2.45, 2.75) is 30.2 Å². The fourth-order valence-corrected chi connectivity index (χ4v) is 3.74. The molecular formula is C15H21ClN2OS. The molecule has 1 heterocycles. The number of nitrogens with zero attached hydrogens (tertiary/aromatic N) is 1. The van der Waals surface area contributed by atoms with E-state index < -0.39 is 0 Å². The van der Waals surface area contributed by atoms with Crippen LogP contribution >= 0.6 is 23.4 Å². The van der Waals surface area contributed by atoms with Crippen LogP contribution in [-0.2, 0) is 4.79 Å². The van der Waals surface area contributed by atoms with Crippen molar-refractivity contribution in [1.82, 2.24) is 10.2 Å². The Kier molecular flexibility index (Phi) is 6.20. The van der Waals surface area contributed by atoms with Gasteiger partial charge in [-0.05, 0) is 32.0 Å². The number of amides is 1. The van der Waals surface area contributed by atoms with Crippen LogP contribution in [0.1, 0.15) is 19.3 Å². The third kappa shape index (κ3) is 4.14. The first-order valence-corrected chi connectivity index (χ1v) is 8.40. The van der Waals surface area contributed by atoms with E-state index >= 15 is 0 Å². The average Bonchev–Trinajstić information content (AvgIpc) is 2.89. The average molecular weight is 313 g/mol. The standard InChI is InChI=1S/C15H21ClN2OS/c1-17-11-12-5-4-9-18(12)15(19)8-10-20-14-7-3-2-6-13(14)16/h2-3,6-7,12,17H,4-5,8-11H2,1H3. The van der Waals surface area contributed by atoms with E-state index in [2.05, 4.69) is 5.32 Å². The van der Waals surface area contributed by atoms with Gasteiger partial charge in [-0.1, -0.05) is 23.7 Å². The first-order chi connectivity index (χ1) is 9.72. The summed E-state index contributed by atoms with van der Waals surface area (Å²) in [6.45, 7) is 1.80. The number of hydrogen-bond acceptors (Lipinski definition) is 3. The maximum Gasteiger partial charge on any atom is 0.223 e. The van der Waals surface area contributed by atoms with Gasteiger partial charge in [-0.3, -0.25) is 4.79 Å². The number of hydrogen-bond donors (Lipinski definition) is 1. The molecule has 0 aromatic heterocycles. The lowest BCUT2D eigenvalue weighted by molar-refractivity contribution is -0.131. The van der Waals surface area contributed by atoms with Gasteiger partial charge in [0, 0.05) is 36.2 Å². The topological polar surface area (TPSA) is 32.3 Å². The maximum absolute atomic E-state index is 12.3. The molecule has 1 saturated heterocycles. The highest BCUT2D eigenvalue weighted by molar-refractivity contribution is 7.99. The number of thioether (sulfide) groups is 1. The van der Waals surface area contributed by atoms with E-state index in [1.165, 1.54) is 0 Å². The molecule has 1 amide bonds. The first-order valence-electron chi connectivity index (χ1n) is 7.03. The van der Waals surface area contributed by atoms with Crippen LogP contribution in [0.4, 0.5) is 0 Å². The van der Waals surface area contributed by atoms with E-state index in [9.17, 15) is 4.79 Å². The van der Waals surface area contributed by atoms with Gasteiger partial charge in [0.15, 0.2) is 0 Å². The van der Waals surface area contributed by atoms with Crippen molar-refractivity contribution in [2.75, 3.05) is 25.9 Å². The molecule has 0 radical (unpaired) electrons. The molecule has 3 nitrogen and oxygen atoms in total. The molecule has 0 bridgehead atoms. The molecule has 2 rings (SSSR count). The second kappa shape index (κ2) is 7.91. The van der Waals surface area contributed by atoms with E-state index in [0.717, 1.165) is 41.6 Å². The Morgan fingerprint density at radius 3 is 3.05 bits per heavy atom. The van der Waals surface area contributed by atoms with Crippen LogP contribution in [0, 0.1) is 0 Å². The molecule has 0 saturated carbocycles. The summed E-state index contributed by atoms with van der Waals surface area (Å²) in [5.41, 5.74) is 0. The molecule has 1 aromatic rings. The van der Waals surface area contributed by atoms with Crippen LogP contribution in [-0.4, -0.2) is 42.7 Å². The van der Waals surface area contributed by atoms with E-state index in [-0.39, 0.29) is 5.91 Å². The molecule has 5 heteroatoms. The number of rotatable bonds is 6. The van der Waals surface area contributed by atoms with Gasteiger partial charge in [0.1, 0.15) is 0 Å². The molecule has 1 fully saturated rings. The van der Waals surface area contributed by atoms with Gasteiger partial charge in [0.2, 0.25) is 5.91 Å². The highest BCUT2D eigenvalue weighted by Crippen LogP contribution is 2.27. The number of benzene rings is 1. The monoisotopic (exact) mass is 312 g/mol. The third-order valence-corrected chi connectivity index (χ3v) is 5.06. The second-order valence-corrected chi connectivity index (χ2v) is 6.51. The third-order valence-electron chi connectivity index (χ3n) is 3.55. The Morgan fingerprint density at radius 2 is 2.30 bits per heavy atom. The van der Waals surface area contributed by atoms with Crippen molar-refractivity contribution < 1.29 is 4.79 Å². The molecule has 1 unspecified atom stereocenters. The van der Waals surface area contributed by atoms with E-state index in [4.69, 9.17) is 11.6 Å². The summed E-state index contributed by atoms with van der Waals surface area (Å²) in [4.78, 5) is 15.3. The van der Waals surface area contributed by atoms with Crippen LogP contribution in [0.2, 0.25) is 5.02 Å². The number of likely N-dealkylation sites (N-methyl/N-ethyl adjacent to an activating group) is 1. The lowest BCUT2D eigenvalue weighted by Gasteiger charge is -2.24. The fraction of sp³-hybridized carbons (Fsp3) is 0.533. The highest BCUT2D eigenvalue weighted by atomic mass is 35.5. The molecule has 1 atom stereocenters. The normalized spacial score (nSPS) is 18.5. The van der Waals surface area contributed by atoms with Crippen molar-refractivity contribution in [3.8, 4) is 0 Å². The van der Waals surface area contributed by atoms with Gasteiger partial charge >= 0.3 is 0 Å². The Morgan fingerprint density at radius 1 is 1.50 bits per heavy atom. The zero-order valence-corrected chi connectivity index (χ0v) is 13.3. The molecule has 110 valence electrons. The van der Waals surface area contributed by atoms with E-state index in [1.807, 2.05) is 36.2 Å². The van der Waals surface area contributed by atoms with Gasteiger partial charge in [-0.25, -0.2) is 0 Å². The Labute approximate surface area is 130 Å². The van der Waals surface area contributed by atoms with Crippen LogP contribution in [0.25, 0.3) is 0 Å². The van der Waals surface area contributed by atoms with Gasteiger partial charge in [-0.2, -0.15) is 0 Å². The number of likely N-dealkylation sites (tertiary alicyclic amines) is 1.